The van der Waals surface area contributed by atoms with Gasteiger partial charge in [0.1, 0.15) is 16.5 Å². The topological polar surface area (TPSA) is 115 Å². The van der Waals surface area contributed by atoms with Gasteiger partial charge in [-0.1, -0.05) is 29.5 Å². The van der Waals surface area contributed by atoms with Crippen molar-refractivity contribution in [3.8, 4) is 11.5 Å². The number of rotatable bonds is 6. The number of carbonyl (C=O) groups is 3. The van der Waals surface area contributed by atoms with Crippen molar-refractivity contribution in [2.24, 2.45) is 0 Å². The molecule has 11 heteroatoms. The Balaban J connectivity index is 1.98. The van der Waals surface area contributed by atoms with Gasteiger partial charge in [0.25, 0.3) is 5.78 Å². The number of hydrogen-bond donors (Lipinski definition) is 1. The number of thiazole rings is 1. The predicted octanol–water partition coefficient (Wildman–Crippen LogP) is 4.33. The second-order valence-electron chi connectivity index (χ2n) is 8.15. The lowest BCUT2D eigenvalue weighted by Crippen LogP contribution is -2.29. The van der Waals surface area contributed by atoms with Crippen molar-refractivity contribution >= 4 is 39.9 Å². The van der Waals surface area contributed by atoms with Crippen LogP contribution in [0.15, 0.2) is 42.0 Å². The van der Waals surface area contributed by atoms with Gasteiger partial charge >= 0.3 is 11.9 Å². The van der Waals surface area contributed by atoms with Gasteiger partial charge in [0.05, 0.1) is 38.6 Å². The Morgan fingerprint density at radius 1 is 1.05 bits per heavy atom. The van der Waals surface area contributed by atoms with E-state index < -0.39 is 35.3 Å². The first-order valence-electron chi connectivity index (χ1n) is 11.0. The first kappa shape index (κ1) is 25.8. The third kappa shape index (κ3) is 4.42. The molecule has 0 aliphatic carbocycles. The zero-order valence-corrected chi connectivity index (χ0v) is 21.4. The first-order valence-corrected chi connectivity index (χ1v) is 11.8. The molecule has 4 rings (SSSR count). The summed E-state index contributed by atoms with van der Waals surface area (Å²) in [5, 5.41) is 11.2. The van der Waals surface area contributed by atoms with Gasteiger partial charge in [0, 0.05) is 5.56 Å². The monoisotopic (exact) mass is 526 g/mol. The van der Waals surface area contributed by atoms with Gasteiger partial charge in [-0.2, -0.15) is 0 Å². The van der Waals surface area contributed by atoms with Crippen LogP contribution in [0.3, 0.4) is 0 Å². The maximum Gasteiger partial charge on any atom is 0.350 e. The molecule has 3 aromatic rings. The number of Topliss-reactive ketones (excluding diaryl/α,β-unsaturated/α-hetero) is 1. The maximum absolute atomic E-state index is 14.3. The van der Waals surface area contributed by atoms with Crippen molar-refractivity contribution in [3.05, 3.63) is 75.0 Å². The number of aryl methyl sites for hydroxylation is 2. The van der Waals surface area contributed by atoms with Crippen LogP contribution in [0.2, 0.25) is 0 Å². The average molecular weight is 527 g/mol. The van der Waals surface area contributed by atoms with Gasteiger partial charge in [-0.3, -0.25) is 14.5 Å². The third-order valence-electron chi connectivity index (χ3n) is 5.98. The second kappa shape index (κ2) is 10.0. The molecule has 37 heavy (non-hydrogen) atoms. The van der Waals surface area contributed by atoms with Crippen LogP contribution in [0.25, 0.3) is 5.76 Å². The summed E-state index contributed by atoms with van der Waals surface area (Å²) in [5.41, 5.74) is 0.797. The standard InChI is InChI=1S/C26H23FN2O7S/c1-12-6-7-15(10-16(12)27)21(30)19-20(14-8-9-17(34-3)18(11-14)35-4)29(24(32)22(19)31)26-28-13(2)23(37-26)25(33)36-5/h6-11,20,30H,1-5H3/b21-19-. The van der Waals surface area contributed by atoms with Crippen LogP contribution >= 0.6 is 11.3 Å². The van der Waals surface area contributed by atoms with Crippen LogP contribution in [-0.2, 0) is 14.3 Å². The average Bonchev–Trinajstić information content (AvgIpc) is 3.40. The number of methoxy groups -OCH3 is 3. The molecular formula is C26H23FN2O7S. The normalized spacial score (nSPS) is 16.7. The van der Waals surface area contributed by atoms with Crippen LogP contribution in [0.1, 0.15) is 38.1 Å². The molecule has 1 aromatic heterocycles. The quantitative estimate of drug-likeness (QED) is 0.218. The molecule has 1 aliphatic heterocycles. The number of nitrogens with zero attached hydrogens (tertiary/aromatic N) is 2. The summed E-state index contributed by atoms with van der Waals surface area (Å²) >= 11 is 0.872. The van der Waals surface area contributed by atoms with Crippen molar-refractivity contribution in [1.82, 2.24) is 4.98 Å². The lowest BCUT2D eigenvalue weighted by Gasteiger charge is -2.23. The molecule has 9 nitrogen and oxygen atoms in total. The van der Waals surface area contributed by atoms with Crippen LogP contribution in [0.5, 0.6) is 11.5 Å². The van der Waals surface area contributed by atoms with Crippen molar-refractivity contribution in [1.29, 1.82) is 0 Å². The van der Waals surface area contributed by atoms with Gasteiger partial charge in [0.15, 0.2) is 16.6 Å². The second-order valence-corrected chi connectivity index (χ2v) is 9.13. The Kier molecular flexibility index (Phi) is 6.99. The molecule has 2 heterocycles. The molecule has 0 spiro atoms. The van der Waals surface area contributed by atoms with E-state index in [1.807, 2.05) is 0 Å². The van der Waals surface area contributed by atoms with E-state index in [0.717, 1.165) is 22.3 Å². The Morgan fingerprint density at radius 2 is 1.76 bits per heavy atom. The minimum absolute atomic E-state index is 0.0251. The SMILES string of the molecule is COC(=O)c1sc(N2C(=O)C(=O)/C(=C(\O)c3ccc(C)c(F)c3)C2c2ccc(OC)c(OC)c2)nc1C. The van der Waals surface area contributed by atoms with E-state index in [1.54, 1.807) is 32.0 Å². The minimum Gasteiger partial charge on any atom is -0.507 e. The van der Waals surface area contributed by atoms with Crippen molar-refractivity contribution in [2.45, 2.75) is 19.9 Å². The number of amides is 1. The first-order chi connectivity index (χ1) is 17.6. The highest BCUT2D eigenvalue weighted by Crippen LogP contribution is 2.45. The van der Waals surface area contributed by atoms with Crippen molar-refractivity contribution < 1.29 is 38.1 Å². The van der Waals surface area contributed by atoms with Crippen LogP contribution < -0.4 is 14.4 Å². The van der Waals surface area contributed by atoms with E-state index in [9.17, 15) is 23.9 Å². The molecule has 192 valence electrons. The molecule has 1 fully saturated rings. The summed E-state index contributed by atoms with van der Waals surface area (Å²) in [7, 11) is 4.11. The van der Waals surface area contributed by atoms with Crippen LogP contribution in [0.4, 0.5) is 9.52 Å². The minimum atomic E-state index is -1.17. The molecule has 1 N–H and O–H groups in total. The molecule has 2 aromatic carbocycles. The molecule has 1 unspecified atom stereocenters. The number of anilines is 1. The number of hydrogen-bond acceptors (Lipinski definition) is 9. The maximum atomic E-state index is 14.3. The highest BCUT2D eigenvalue weighted by molar-refractivity contribution is 7.17. The lowest BCUT2D eigenvalue weighted by molar-refractivity contribution is -0.132. The van der Waals surface area contributed by atoms with Gasteiger partial charge in [0.2, 0.25) is 0 Å². The van der Waals surface area contributed by atoms with Crippen LogP contribution in [0, 0.1) is 19.7 Å². The molecule has 0 bridgehead atoms. The predicted molar refractivity (Wildman–Crippen MR) is 134 cm³/mol. The number of halogens is 1. The highest BCUT2D eigenvalue weighted by atomic mass is 32.1. The van der Waals surface area contributed by atoms with E-state index in [1.165, 1.54) is 33.5 Å². The number of ketones is 1. The number of ether oxygens (including phenoxy) is 3. The van der Waals surface area contributed by atoms with Crippen LogP contribution in [-0.4, -0.2) is 49.1 Å². The number of aliphatic hydroxyl groups is 1. The molecule has 0 radical (unpaired) electrons. The van der Waals surface area contributed by atoms with Gasteiger partial charge in [-0.15, -0.1) is 0 Å². The molecule has 0 saturated carbocycles. The number of aliphatic hydroxyl groups excluding tert-OH is 1. The summed E-state index contributed by atoms with van der Waals surface area (Å²) < 4.78 is 29.8. The summed E-state index contributed by atoms with van der Waals surface area (Å²) in [6, 6.07) is 7.59. The molecule has 1 amide bonds. The molecular weight excluding hydrogens is 503 g/mol. The smallest absolute Gasteiger partial charge is 0.350 e. The number of aromatic nitrogens is 1. The largest absolute Gasteiger partial charge is 0.507 e. The summed E-state index contributed by atoms with van der Waals surface area (Å²) in [6.45, 7) is 3.13. The molecule has 1 aliphatic rings. The number of benzene rings is 2. The highest BCUT2D eigenvalue weighted by Gasteiger charge is 2.48. The van der Waals surface area contributed by atoms with Gasteiger partial charge < -0.3 is 19.3 Å². The van der Waals surface area contributed by atoms with Crippen molar-refractivity contribution in [2.75, 3.05) is 26.2 Å². The number of esters is 1. The summed E-state index contributed by atoms with van der Waals surface area (Å²) in [5.74, 6) is -3.03. The van der Waals surface area contributed by atoms with E-state index in [-0.39, 0.29) is 21.1 Å². The Bertz CT molecular complexity index is 1460. The van der Waals surface area contributed by atoms with Gasteiger partial charge in [-0.05, 0) is 43.2 Å². The fourth-order valence-electron chi connectivity index (χ4n) is 4.03. The molecule has 1 saturated heterocycles. The van der Waals surface area contributed by atoms with Gasteiger partial charge in [-0.25, -0.2) is 14.2 Å². The zero-order chi connectivity index (χ0) is 27.0. The Labute approximate surface area is 215 Å². The lowest BCUT2D eigenvalue weighted by atomic mass is 9.94. The summed E-state index contributed by atoms with van der Waals surface area (Å²) in [4.78, 5) is 44.5. The fourth-order valence-corrected chi connectivity index (χ4v) is 5.04. The van der Waals surface area contributed by atoms with E-state index in [2.05, 4.69) is 4.98 Å². The fraction of sp³-hybridized carbons (Fsp3) is 0.231. The zero-order valence-electron chi connectivity index (χ0n) is 20.6. The Morgan fingerprint density at radius 3 is 2.38 bits per heavy atom. The number of carbonyl (C=O) groups excluding carboxylic acids is 3. The van der Waals surface area contributed by atoms with E-state index in [0.29, 0.717) is 28.3 Å². The van der Waals surface area contributed by atoms with E-state index in [4.69, 9.17) is 14.2 Å². The van der Waals surface area contributed by atoms with Crippen molar-refractivity contribution in [3.63, 3.8) is 0 Å². The Hall–Kier alpha value is -4.25. The molecule has 1 atom stereocenters. The third-order valence-corrected chi connectivity index (χ3v) is 7.11. The summed E-state index contributed by atoms with van der Waals surface area (Å²) in [6.07, 6.45) is 0. The van der Waals surface area contributed by atoms with E-state index >= 15 is 0 Å².